The maximum atomic E-state index is 6.10. The molecule has 174 valence electrons. The smallest absolute Gasteiger partial charge is 0.193 e. The van der Waals surface area contributed by atoms with Crippen LogP contribution in [0.4, 0.5) is 0 Å². The molecule has 0 aliphatic carbocycles. The average Bonchev–Trinajstić information content (AvgIpc) is 2.86. The van der Waals surface area contributed by atoms with E-state index in [1.165, 1.54) is 5.56 Å². The quantitative estimate of drug-likeness (QED) is 0.254. The fraction of sp³-hybridized carbons (Fsp3) is 0.308. The van der Waals surface area contributed by atoms with Crippen LogP contribution in [-0.2, 0) is 13.2 Å². The number of ether oxygens (including phenoxy) is 2. The normalized spacial score (nSPS) is 14.3. The van der Waals surface area contributed by atoms with Crippen molar-refractivity contribution in [1.82, 2.24) is 15.2 Å². The molecule has 1 N–H and O–H groups in total. The van der Waals surface area contributed by atoms with E-state index in [2.05, 4.69) is 32.3 Å². The molecule has 0 bridgehead atoms. The molecule has 3 aromatic rings. The second-order valence-corrected chi connectivity index (χ2v) is 7.77. The van der Waals surface area contributed by atoms with Gasteiger partial charge in [-0.3, -0.25) is 9.98 Å². The molecule has 1 aliphatic heterocycles. The number of hydrogen-bond acceptors (Lipinski definition) is 4. The summed E-state index contributed by atoms with van der Waals surface area (Å²) in [5.74, 6) is 2.71. The minimum Gasteiger partial charge on any atom is -0.490 e. The van der Waals surface area contributed by atoms with Crippen LogP contribution in [0, 0.1) is 0 Å². The molecule has 0 atom stereocenters. The lowest BCUT2D eigenvalue weighted by Gasteiger charge is -2.34. The van der Waals surface area contributed by atoms with E-state index < -0.39 is 0 Å². The van der Waals surface area contributed by atoms with Gasteiger partial charge in [0, 0.05) is 45.7 Å². The van der Waals surface area contributed by atoms with Crippen molar-refractivity contribution in [2.75, 3.05) is 20.1 Å². The van der Waals surface area contributed by atoms with E-state index in [-0.39, 0.29) is 30.1 Å². The zero-order valence-corrected chi connectivity index (χ0v) is 21.2. The number of nitrogens with zero attached hydrogens (tertiary/aromatic N) is 3. The molecule has 4 rings (SSSR count). The summed E-state index contributed by atoms with van der Waals surface area (Å²) in [5, 5.41) is 3.48. The van der Waals surface area contributed by atoms with Gasteiger partial charge in [-0.25, -0.2) is 0 Å². The summed E-state index contributed by atoms with van der Waals surface area (Å²) >= 11 is 0. The second kappa shape index (κ2) is 13.0. The molecule has 1 aliphatic rings. The van der Waals surface area contributed by atoms with Crippen LogP contribution in [0.3, 0.4) is 0 Å². The van der Waals surface area contributed by atoms with Crippen LogP contribution in [0.25, 0.3) is 0 Å². The van der Waals surface area contributed by atoms with Crippen molar-refractivity contribution in [1.29, 1.82) is 0 Å². The van der Waals surface area contributed by atoms with Crippen molar-refractivity contribution >= 4 is 29.9 Å². The summed E-state index contributed by atoms with van der Waals surface area (Å²) in [4.78, 5) is 11.1. The summed E-state index contributed by atoms with van der Waals surface area (Å²) in [7, 11) is 1.84. The van der Waals surface area contributed by atoms with Crippen LogP contribution in [0.2, 0.25) is 0 Å². The fourth-order valence-electron chi connectivity index (χ4n) is 3.73. The molecule has 2 heterocycles. The lowest BCUT2D eigenvalue weighted by Crippen LogP contribution is -2.47. The molecule has 2 aromatic carbocycles. The Labute approximate surface area is 213 Å². The van der Waals surface area contributed by atoms with E-state index in [1.807, 2.05) is 67.7 Å². The summed E-state index contributed by atoms with van der Waals surface area (Å²) in [5.41, 5.74) is 2.10. The van der Waals surface area contributed by atoms with Crippen molar-refractivity contribution in [2.24, 2.45) is 4.99 Å². The molecule has 1 saturated heterocycles. The monoisotopic (exact) mass is 558 g/mol. The molecule has 6 nitrogen and oxygen atoms in total. The molecule has 1 fully saturated rings. The van der Waals surface area contributed by atoms with Gasteiger partial charge in [-0.05, 0) is 42.0 Å². The average molecular weight is 558 g/mol. The van der Waals surface area contributed by atoms with E-state index in [4.69, 9.17) is 9.47 Å². The highest BCUT2D eigenvalue weighted by Gasteiger charge is 2.22. The van der Waals surface area contributed by atoms with Crippen LogP contribution in [0.5, 0.6) is 11.5 Å². The third kappa shape index (κ3) is 7.63. The lowest BCUT2D eigenvalue weighted by molar-refractivity contribution is 0.129. The number of pyridine rings is 1. The molecule has 7 heteroatoms. The van der Waals surface area contributed by atoms with Gasteiger partial charge >= 0.3 is 0 Å². The second-order valence-electron chi connectivity index (χ2n) is 7.77. The Balaban J connectivity index is 0.00000306. The van der Waals surface area contributed by atoms with Gasteiger partial charge in [0.25, 0.3) is 0 Å². The number of hydrogen-bond donors (Lipinski definition) is 1. The molecular formula is C26H31IN4O2. The third-order valence-electron chi connectivity index (χ3n) is 5.49. The highest BCUT2D eigenvalue weighted by Crippen LogP contribution is 2.19. The van der Waals surface area contributed by atoms with Gasteiger partial charge in [-0.15, -0.1) is 24.0 Å². The number of aromatic nitrogens is 1. The Hall–Kier alpha value is -2.81. The van der Waals surface area contributed by atoms with E-state index in [1.54, 1.807) is 6.20 Å². The summed E-state index contributed by atoms with van der Waals surface area (Å²) in [6.45, 7) is 3.04. The predicted octanol–water partition coefficient (Wildman–Crippen LogP) is 4.90. The summed E-state index contributed by atoms with van der Waals surface area (Å²) < 4.78 is 11.9. The standard InChI is InChI=1S/C26H30N4O2.HI/c1-27-26(30-17-14-25(15-18-30)32-24-8-3-2-4-9-24)29-19-21-10-12-23(13-11-21)31-20-22-7-5-6-16-28-22;/h2-13,16,25H,14-15,17-20H2,1H3,(H,27,29);1H. The predicted molar refractivity (Wildman–Crippen MR) is 142 cm³/mol. The van der Waals surface area contributed by atoms with Gasteiger partial charge in [0.15, 0.2) is 5.96 Å². The number of para-hydroxylation sites is 1. The van der Waals surface area contributed by atoms with E-state index >= 15 is 0 Å². The summed E-state index contributed by atoms with van der Waals surface area (Å²) in [6.07, 6.45) is 4.00. The first-order chi connectivity index (χ1) is 15.8. The molecule has 0 saturated carbocycles. The minimum absolute atomic E-state index is 0. The number of rotatable bonds is 7. The molecule has 33 heavy (non-hydrogen) atoms. The zero-order chi connectivity index (χ0) is 22.0. The minimum atomic E-state index is 0. The lowest BCUT2D eigenvalue weighted by atomic mass is 10.1. The molecule has 0 spiro atoms. The highest BCUT2D eigenvalue weighted by molar-refractivity contribution is 14.0. The van der Waals surface area contributed by atoms with E-state index in [0.717, 1.165) is 49.1 Å². The molecular weight excluding hydrogens is 527 g/mol. The van der Waals surface area contributed by atoms with Crippen LogP contribution in [0.15, 0.2) is 84.0 Å². The third-order valence-corrected chi connectivity index (χ3v) is 5.49. The van der Waals surface area contributed by atoms with Gasteiger partial charge in [0.05, 0.1) is 5.69 Å². The Morgan fingerprint density at radius 1 is 0.970 bits per heavy atom. The van der Waals surface area contributed by atoms with Crippen molar-refractivity contribution in [3.8, 4) is 11.5 Å². The van der Waals surface area contributed by atoms with Gasteiger partial charge < -0.3 is 19.7 Å². The number of aliphatic imine (C=N–C) groups is 1. The van der Waals surface area contributed by atoms with Crippen LogP contribution < -0.4 is 14.8 Å². The highest BCUT2D eigenvalue weighted by atomic mass is 127. The topological polar surface area (TPSA) is 59.0 Å². The van der Waals surface area contributed by atoms with E-state index in [0.29, 0.717) is 13.2 Å². The largest absolute Gasteiger partial charge is 0.490 e. The molecule has 0 unspecified atom stereocenters. The van der Waals surface area contributed by atoms with Crippen molar-refractivity contribution in [2.45, 2.75) is 32.1 Å². The van der Waals surface area contributed by atoms with Crippen LogP contribution >= 0.6 is 24.0 Å². The maximum absolute atomic E-state index is 6.10. The van der Waals surface area contributed by atoms with E-state index in [9.17, 15) is 0 Å². The first-order valence-electron chi connectivity index (χ1n) is 11.1. The molecule has 0 radical (unpaired) electrons. The number of benzene rings is 2. The maximum Gasteiger partial charge on any atom is 0.193 e. The van der Waals surface area contributed by atoms with Crippen LogP contribution in [0.1, 0.15) is 24.1 Å². The fourth-order valence-corrected chi connectivity index (χ4v) is 3.73. The van der Waals surface area contributed by atoms with Crippen LogP contribution in [-0.4, -0.2) is 42.1 Å². The Kier molecular flexibility index (Phi) is 9.80. The van der Waals surface area contributed by atoms with Crippen molar-refractivity contribution < 1.29 is 9.47 Å². The molecule has 1 aromatic heterocycles. The Morgan fingerprint density at radius 2 is 1.70 bits per heavy atom. The Morgan fingerprint density at radius 3 is 2.36 bits per heavy atom. The Bertz CT molecular complexity index is 976. The van der Waals surface area contributed by atoms with Crippen molar-refractivity contribution in [3.63, 3.8) is 0 Å². The van der Waals surface area contributed by atoms with Gasteiger partial charge in [-0.2, -0.15) is 0 Å². The zero-order valence-electron chi connectivity index (χ0n) is 18.9. The first kappa shape index (κ1) is 24.8. The van der Waals surface area contributed by atoms with Gasteiger partial charge in [-0.1, -0.05) is 36.4 Å². The van der Waals surface area contributed by atoms with Gasteiger partial charge in [0.1, 0.15) is 24.2 Å². The van der Waals surface area contributed by atoms with Gasteiger partial charge in [0.2, 0.25) is 0 Å². The molecule has 0 amide bonds. The first-order valence-corrected chi connectivity index (χ1v) is 11.1. The summed E-state index contributed by atoms with van der Waals surface area (Å²) in [6, 6.07) is 24.0. The number of halogens is 1. The SMILES string of the molecule is CN=C(NCc1ccc(OCc2ccccn2)cc1)N1CCC(Oc2ccccc2)CC1.I. The number of nitrogens with one attached hydrogen (secondary N) is 1. The van der Waals surface area contributed by atoms with Crippen molar-refractivity contribution in [3.05, 3.63) is 90.3 Å². The number of likely N-dealkylation sites (tertiary alicyclic amines) is 1. The number of guanidine groups is 1. The number of piperidine rings is 1.